The van der Waals surface area contributed by atoms with E-state index in [1.807, 2.05) is 6.92 Å². The molecule has 2 amide bonds. The van der Waals surface area contributed by atoms with E-state index in [-0.39, 0.29) is 18.7 Å². The van der Waals surface area contributed by atoms with Crippen LogP contribution in [0.3, 0.4) is 0 Å². The number of carbonyl (C=O) groups excluding carboxylic acids is 1. The van der Waals surface area contributed by atoms with Crippen LogP contribution >= 0.6 is 0 Å². The van der Waals surface area contributed by atoms with Gasteiger partial charge in [0.15, 0.2) is 0 Å². The fourth-order valence-corrected chi connectivity index (χ4v) is 3.03. The number of carboxylic acids is 1. The van der Waals surface area contributed by atoms with E-state index in [9.17, 15) is 14.7 Å². The number of rotatable bonds is 4. The summed E-state index contributed by atoms with van der Waals surface area (Å²) in [5.41, 5.74) is -0.758. The summed E-state index contributed by atoms with van der Waals surface area (Å²) in [4.78, 5) is 25.3. The second-order valence-corrected chi connectivity index (χ2v) is 5.80. The second kappa shape index (κ2) is 6.43. The molecule has 6 heteroatoms. The van der Waals surface area contributed by atoms with E-state index in [4.69, 9.17) is 4.74 Å². The Bertz CT molecular complexity index is 366. The molecule has 1 saturated heterocycles. The zero-order valence-corrected chi connectivity index (χ0v) is 12.1. The van der Waals surface area contributed by atoms with Gasteiger partial charge in [0, 0.05) is 19.6 Å². The normalized spacial score (nSPS) is 25.4. The monoisotopic (exact) mass is 284 g/mol. The fraction of sp³-hybridized carbons (Fsp3) is 0.857. The van der Waals surface area contributed by atoms with Crippen molar-refractivity contribution in [3.63, 3.8) is 0 Å². The van der Waals surface area contributed by atoms with Gasteiger partial charge >= 0.3 is 12.0 Å². The van der Waals surface area contributed by atoms with Crippen molar-refractivity contribution in [2.24, 2.45) is 5.41 Å². The molecule has 1 aliphatic carbocycles. The number of carbonyl (C=O) groups is 2. The van der Waals surface area contributed by atoms with Crippen LogP contribution in [0.5, 0.6) is 0 Å². The number of hydrogen-bond acceptors (Lipinski definition) is 3. The number of nitrogens with zero attached hydrogens (tertiary/aromatic N) is 1. The van der Waals surface area contributed by atoms with Gasteiger partial charge in [-0.15, -0.1) is 0 Å². The van der Waals surface area contributed by atoms with Gasteiger partial charge in [0.2, 0.25) is 0 Å². The first kappa shape index (κ1) is 15.1. The topological polar surface area (TPSA) is 78.9 Å². The molecule has 1 atom stereocenters. The van der Waals surface area contributed by atoms with Crippen molar-refractivity contribution >= 4 is 12.0 Å². The average molecular weight is 284 g/mol. The highest BCUT2D eigenvalue weighted by molar-refractivity contribution is 5.78. The second-order valence-electron chi connectivity index (χ2n) is 5.80. The van der Waals surface area contributed by atoms with E-state index >= 15 is 0 Å². The first-order valence-corrected chi connectivity index (χ1v) is 7.45. The van der Waals surface area contributed by atoms with Gasteiger partial charge < -0.3 is 20.1 Å². The third kappa shape index (κ3) is 3.23. The smallest absolute Gasteiger partial charge is 0.317 e. The molecule has 0 spiro atoms. The highest BCUT2D eigenvalue weighted by atomic mass is 16.5. The number of amides is 2. The van der Waals surface area contributed by atoms with E-state index in [1.165, 1.54) is 0 Å². The number of urea groups is 1. The van der Waals surface area contributed by atoms with Crippen molar-refractivity contribution in [2.45, 2.75) is 45.1 Å². The number of nitrogens with one attached hydrogen (secondary N) is 1. The van der Waals surface area contributed by atoms with Crippen LogP contribution in [0.2, 0.25) is 0 Å². The molecule has 114 valence electrons. The standard InChI is InChI=1S/C14H24N2O4/c1-2-11-9-16(7-8-20-11)13(19)15-10-14(12(17)18)5-3-4-6-14/h11H,2-10H2,1H3,(H,15,19)(H,17,18). The van der Waals surface area contributed by atoms with Crippen LogP contribution in [0.25, 0.3) is 0 Å². The van der Waals surface area contributed by atoms with Gasteiger partial charge in [0.05, 0.1) is 18.1 Å². The minimum absolute atomic E-state index is 0.0921. The molecule has 1 aliphatic heterocycles. The fourth-order valence-electron chi connectivity index (χ4n) is 3.03. The van der Waals surface area contributed by atoms with Crippen molar-refractivity contribution in [1.29, 1.82) is 0 Å². The molecule has 0 radical (unpaired) electrons. The van der Waals surface area contributed by atoms with Gasteiger partial charge in [-0.3, -0.25) is 4.79 Å². The summed E-state index contributed by atoms with van der Waals surface area (Å²) in [6, 6.07) is -0.167. The van der Waals surface area contributed by atoms with Crippen LogP contribution in [0.15, 0.2) is 0 Å². The quantitative estimate of drug-likeness (QED) is 0.819. The predicted octanol–water partition coefficient (Wildman–Crippen LogP) is 1.45. The lowest BCUT2D eigenvalue weighted by molar-refractivity contribution is -0.148. The largest absolute Gasteiger partial charge is 0.481 e. The van der Waals surface area contributed by atoms with Gasteiger partial charge in [0.25, 0.3) is 0 Å². The minimum Gasteiger partial charge on any atom is -0.481 e. The Hall–Kier alpha value is -1.30. The maximum absolute atomic E-state index is 12.1. The summed E-state index contributed by atoms with van der Waals surface area (Å²) < 4.78 is 5.53. The van der Waals surface area contributed by atoms with Crippen molar-refractivity contribution in [1.82, 2.24) is 10.2 Å². The molecule has 0 aromatic carbocycles. The molecule has 1 unspecified atom stereocenters. The van der Waals surface area contributed by atoms with Crippen LogP contribution in [-0.4, -0.2) is 54.4 Å². The lowest BCUT2D eigenvalue weighted by Crippen LogP contribution is -2.52. The number of morpholine rings is 1. The molecule has 2 rings (SSSR count). The van der Waals surface area contributed by atoms with Gasteiger partial charge in [-0.25, -0.2) is 4.79 Å². The summed E-state index contributed by atoms with van der Waals surface area (Å²) >= 11 is 0. The predicted molar refractivity (Wildman–Crippen MR) is 73.5 cm³/mol. The Balaban J connectivity index is 1.86. The molecule has 0 aromatic heterocycles. The summed E-state index contributed by atoms with van der Waals surface area (Å²) in [5.74, 6) is -0.788. The average Bonchev–Trinajstić information content (AvgIpc) is 2.95. The molecule has 20 heavy (non-hydrogen) atoms. The Morgan fingerprint density at radius 1 is 1.40 bits per heavy atom. The maximum Gasteiger partial charge on any atom is 0.317 e. The molecule has 6 nitrogen and oxygen atoms in total. The lowest BCUT2D eigenvalue weighted by atomic mass is 9.86. The zero-order valence-electron chi connectivity index (χ0n) is 12.1. The summed E-state index contributed by atoms with van der Waals surface area (Å²) in [7, 11) is 0. The highest BCUT2D eigenvalue weighted by Gasteiger charge is 2.41. The first-order chi connectivity index (χ1) is 9.57. The van der Waals surface area contributed by atoms with Crippen molar-refractivity contribution < 1.29 is 19.4 Å². The molecule has 1 saturated carbocycles. The lowest BCUT2D eigenvalue weighted by Gasteiger charge is -2.33. The van der Waals surface area contributed by atoms with Gasteiger partial charge in [-0.05, 0) is 19.3 Å². The van der Waals surface area contributed by atoms with Crippen LogP contribution in [0, 0.1) is 5.41 Å². The summed E-state index contributed by atoms with van der Waals surface area (Å²) in [5, 5.41) is 12.2. The minimum atomic E-state index is -0.788. The molecule has 0 bridgehead atoms. The Labute approximate surface area is 119 Å². The zero-order chi connectivity index (χ0) is 14.6. The molecule has 2 N–H and O–H groups in total. The highest BCUT2D eigenvalue weighted by Crippen LogP contribution is 2.37. The third-order valence-electron chi connectivity index (χ3n) is 4.47. The van der Waals surface area contributed by atoms with Gasteiger partial charge in [-0.2, -0.15) is 0 Å². The molecular weight excluding hydrogens is 260 g/mol. The third-order valence-corrected chi connectivity index (χ3v) is 4.47. The molecular formula is C14H24N2O4. The molecule has 0 aromatic rings. The van der Waals surface area contributed by atoms with E-state index in [1.54, 1.807) is 4.90 Å². The van der Waals surface area contributed by atoms with Crippen LogP contribution < -0.4 is 5.32 Å². The van der Waals surface area contributed by atoms with Crippen molar-refractivity contribution in [2.75, 3.05) is 26.2 Å². The van der Waals surface area contributed by atoms with E-state index in [2.05, 4.69) is 5.32 Å². The SMILES string of the molecule is CCC1CN(C(=O)NCC2(C(=O)O)CCCC2)CCO1. The number of hydrogen-bond donors (Lipinski definition) is 2. The maximum atomic E-state index is 12.1. The van der Waals surface area contributed by atoms with Gasteiger partial charge in [-0.1, -0.05) is 19.8 Å². The van der Waals surface area contributed by atoms with E-state index in [0.717, 1.165) is 19.3 Å². The van der Waals surface area contributed by atoms with E-state index in [0.29, 0.717) is 32.5 Å². The Morgan fingerprint density at radius 2 is 2.10 bits per heavy atom. The van der Waals surface area contributed by atoms with Crippen LogP contribution in [0.4, 0.5) is 4.79 Å². The van der Waals surface area contributed by atoms with Crippen LogP contribution in [0.1, 0.15) is 39.0 Å². The number of aliphatic carboxylic acids is 1. The van der Waals surface area contributed by atoms with Gasteiger partial charge in [0.1, 0.15) is 0 Å². The van der Waals surface area contributed by atoms with Crippen molar-refractivity contribution in [3.05, 3.63) is 0 Å². The number of ether oxygens (including phenoxy) is 1. The Kier molecular flexibility index (Phi) is 4.86. The summed E-state index contributed by atoms with van der Waals surface area (Å²) in [6.45, 7) is 3.97. The molecule has 2 fully saturated rings. The summed E-state index contributed by atoms with van der Waals surface area (Å²) in [6.07, 6.45) is 4.14. The first-order valence-electron chi connectivity index (χ1n) is 7.45. The Morgan fingerprint density at radius 3 is 2.70 bits per heavy atom. The van der Waals surface area contributed by atoms with Crippen LogP contribution in [-0.2, 0) is 9.53 Å². The van der Waals surface area contributed by atoms with Crippen molar-refractivity contribution in [3.8, 4) is 0 Å². The van der Waals surface area contributed by atoms with E-state index < -0.39 is 11.4 Å². The molecule has 1 heterocycles. The molecule has 2 aliphatic rings. The number of carboxylic acid groups (broad SMARTS) is 1.